The van der Waals surface area contributed by atoms with Gasteiger partial charge < -0.3 is 5.11 Å². The number of aliphatic hydroxyl groups is 1. The largest absolute Gasteiger partial charge is 0.391 e. The van der Waals surface area contributed by atoms with Gasteiger partial charge in [-0.1, -0.05) is 6.42 Å². The Morgan fingerprint density at radius 1 is 1.12 bits per heavy atom. The summed E-state index contributed by atoms with van der Waals surface area (Å²) in [4.78, 5) is 7.87. The fourth-order valence-corrected chi connectivity index (χ4v) is 5.37. The molecule has 2 atom stereocenters. The predicted octanol–water partition coefficient (Wildman–Crippen LogP) is 2.80. The zero-order valence-electron chi connectivity index (χ0n) is 15.7. The van der Waals surface area contributed by atoms with Crippen LogP contribution in [-0.2, 0) is 19.5 Å². The molecule has 2 saturated heterocycles. The van der Waals surface area contributed by atoms with Gasteiger partial charge >= 0.3 is 0 Å². The molecule has 5 nitrogen and oxygen atoms in total. The second-order valence-electron chi connectivity index (χ2n) is 7.97. The molecule has 142 valence electrons. The number of piperidine rings is 1. The minimum absolute atomic E-state index is 0.250. The first kappa shape index (κ1) is 18.2. The molecule has 0 radical (unpaired) electrons. The van der Waals surface area contributed by atoms with E-state index in [4.69, 9.17) is 0 Å². The number of β-amino-alcohol motifs (C(OH)–C–C–N with tert-alkyl or cyclic N) is 1. The van der Waals surface area contributed by atoms with Gasteiger partial charge in [-0.3, -0.25) is 14.9 Å². The van der Waals surface area contributed by atoms with Crippen LogP contribution in [0.1, 0.15) is 40.4 Å². The van der Waals surface area contributed by atoms with Crippen molar-refractivity contribution in [3.05, 3.63) is 39.3 Å². The molecular formula is C20H30N4OS. The van der Waals surface area contributed by atoms with Crippen molar-refractivity contribution in [2.45, 2.75) is 51.8 Å². The van der Waals surface area contributed by atoms with E-state index in [0.717, 1.165) is 44.0 Å². The summed E-state index contributed by atoms with van der Waals surface area (Å²) in [7, 11) is 0. The Morgan fingerprint density at radius 3 is 2.54 bits per heavy atom. The second-order valence-corrected chi connectivity index (χ2v) is 9.23. The number of aryl methyl sites for hydroxylation is 1. The first-order chi connectivity index (χ1) is 12.7. The van der Waals surface area contributed by atoms with Crippen molar-refractivity contribution >= 4 is 11.3 Å². The minimum atomic E-state index is -0.250. The van der Waals surface area contributed by atoms with Crippen LogP contribution in [0.3, 0.4) is 0 Å². The van der Waals surface area contributed by atoms with E-state index in [1.807, 2.05) is 18.3 Å². The summed E-state index contributed by atoms with van der Waals surface area (Å²) < 4.78 is 0. The van der Waals surface area contributed by atoms with Gasteiger partial charge in [-0.05, 0) is 57.5 Å². The number of H-pyrrole nitrogens is 1. The number of aromatic nitrogens is 2. The first-order valence-electron chi connectivity index (χ1n) is 9.87. The number of hydrogen-bond donors (Lipinski definition) is 2. The lowest BCUT2D eigenvalue weighted by Gasteiger charge is -2.25. The van der Waals surface area contributed by atoms with Gasteiger partial charge in [-0.25, -0.2) is 0 Å². The smallest absolute Gasteiger partial charge is 0.0711 e. The minimum Gasteiger partial charge on any atom is -0.391 e. The molecular weight excluding hydrogens is 344 g/mol. The Bertz CT molecular complexity index is 706. The molecule has 4 rings (SSSR count). The summed E-state index contributed by atoms with van der Waals surface area (Å²) in [5, 5.41) is 17.8. The van der Waals surface area contributed by atoms with Crippen molar-refractivity contribution in [1.29, 1.82) is 0 Å². The lowest BCUT2D eigenvalue weighted by atomic mass is 10.0. The van der Waals surface area contributed by atoms with Crippen LogP contribution in [0.15, 0.2) is 18.2 Å². The number of aromatic amines is 1. The average molecular weight is 375 g/mol. The van der Waals surface area contributed by atoms with Gasteiger partial charge in [-0.2, -0.15) is 5.10 Å². The van der Waals surface area contributed by atoms with E-state index in [1.165, 1.54) is 42.1 Å². The number of nitrogens with zero attached hydrogens (tertiary/aromatic N) is 3. The highest BCUT2D eigenvalue weighted by atomic mass is 32.1. The lowest BCUT2D eigenvalue weighted by molar-refractivity contribution is 0.140. The Morgan fingerprint density at radius 2 is 1.85 bits per heavy atom. The summed E-state index contributed by atoms with van der Waals surface area (Å²) in [6.07, 6.45) is 4.69. The zero-order chi connectivity index (χ0) is 17.9. The Balaban J connectivity index is 1.29. The van der Waals surface area contributed by atoms with Gasteiger partial charge in [0, 0.05) is 47.5 Å². The maximum Gasteiger partial charge on any atom is 0.0711 e. The molecule has 0 aromatic carbocycles. The quantitative estimate of drug-likeness (QED) is 0.816. The van der Waals surface area contributed by atoms with Crippen LogP contribution in [0.2, 0.25) is 0 Å². The van der Waals surface area contributed by atoms with E-state index >= 15 is 0 Å². The SMILES string of the molecule is Cc1cc(C[C@@H]2CN(Cc3ccc(CN4CCCCC4)s3)C[C@H]2O)n[nH]1. The van der Waals surface area contributed by atoms with Crippen molar-refractivity contribution < 1.29 is 5.11 Å². The summed E-state index contributed by atoms with van der Waals surface area (Å²) in [5.41, 5.74) is 2.15. The summed E-state index contributed by atoms with van der Waals surface area (Å²) in [6.45, 7) is 8.30. The van der Waals surface area contributed by atoms with E-state index in [-0.39, 0.29) is 12.0 Å². The number of aliphatic hydroxyl groups excluding tert-OH is 1. The molecule has 2 aliphatic heterocycles. The first-order valence-corrected chi connectivity index (χ1v) is 10.7. The molecule has 0 saturated carbocycles. The van der Waals surface area contributed by atoms with Crippen LogP contribution >= 0.6 is 11.3 Å². The molecule has 6 heteroatoms. The van der Waals surface area contributed by atoms with Crippen molar-refractivity contribution in [2.75, 3.05) is 26.2 Å². The third-order valence-corrected chi connectivity index (χ3v) is 6.69. The van der Waals surface area contributed by atoms with Crippen LogP contribution < -0.4 is 0 Å². The van der Waals surface area contributed by atoms with Gasteiger partial charge in [0.25, 0.3) is 0 Å². The molecule has 2 fully saturated rings. The molecule has 2 N–H and O–H groups in total. The van der Waals surface area contributed by atoms with Gasteiger partial charge in [0.2, 0.25) is 0 Å². The topological polar surface area (TPSA) is 55.4 Å². The number of thiophene rings is 1. The lowest BCUT2D eigenvalue weighted by Crippen LogP contribution is -2.28. The molecule has 4 heterocycles. The molecule has 26 heavy (non-hydrogen) atoms. The van der Waals surface area contributed by atoms with E-state index < -0.39 is 0 Å². The number of nitrogens with one attached hydrogen (secondary N) is 1. The van der Waals surface area contributed by atoms with Gasteiger partial charge in [0.15, 0.2) is 0 Å². The van der Waals surface area contributed by atoms with Crippen molar-refractivity contribution in [2.24, 2.45) is 5.92 Å². The van der Waals surface area contributed by atoms with Crippen LogP contribution in [0, 0.1) is 12.8 Å². The monoisotopic (exact) mass is 374 g/mol. The van der Waals surface area contributed by atoms with Crippen molar-refractivity contribution in [1.82, 2.24) is 20.0 Å². The second kappa shape index (κ2) is 8.21. The van der Waals surface area contributed by atoms with Gasteiger partial charge in [-0.15, -0.1) is 11.3 Å². The van der Waals surface area contributed by atoms with Crippen molar-refractivity contribution in [3.63, 3.8) is 0 Å². The molecule has 0 bridgehead atoms. The summed E-state index contributed by atoms with van der Waals surface area (Å²) >= 11 is 1.94. The summed E-state index contributed by atoms with van der Waals surface area (Å²) in [5.74, 6) is 0.283. The number of hydrogen-bond acceptors (Lipinski definition) is 5. The number of rotatable bonds is 6. The van der Waals surface area contributed by atoms with Gasteiger partial charge in [0.05, 0.1) is 11.8 Å². The fraction of sp³-hybridized carbons (Fsp3) is 0.650. The fourth-order valence-electron chi connectivity index (χ4n) is 4.27. The maximum atomic E-state index is 10.4. The molecule has 0 aliphatic carbocycles. The highest BCUT2D eigenvalue weighted by Gasteiger charge is 2.32. The summed E-state index contributed by atoms with van der Waals surface area (Å²) in [6, 6.07) is 6.66. The normalized spacial score (nSPS) is 25.2. The predicted molar refractivity (Wildman–Crippen MR) is 105 cm³/mol. The zero-order valence-corrected chi connectivity index (χ0v) is 16.5. The Hall–Kier alpha value is -1.21. The Labute approximate surface area is 160 Å². The maximum absolute atomic E-state index is 10.4. The van der Waals surface area contributed by atoms with Gasteiger partial charge in [0.1, 0.15) is 0 Å². The highest BCUT2D eigenvalue weighted by molar-refractivity contribution is 7.11. The molecule has 2 aromatic rings. The Kier molecular flexibility index (Phi) is 5.74. The van der Waals surface area contributed by atoms with Crippen LogP contribution in [0.5, 0.6) is 0 Å². The highest BCUT2D eigenvalue weighted by Crippen LogP contribution is 2.26. The molecule has 0 spiro atoms. The number of likely N-dealkylation sites (tertiary alicyclic amines) is 2. The molecule has 0 unspecified atom stereocenters. The third kappa shape index (κ3) is 4.55. The molecule has 0 amide bonds. The molecule has 2 aliphatic rings. The van der Waals surface area contributed by atoms with Crippen molar-refractivity contribution in [3.8, 4) is 0 Å². The average Bonchev–Trinajstić information content (AvgIpc) is 3.32. The van der Waals surface area contributed by atoms with E-state index in [9.17, 15) is 5.11 Å². The van der Waals surface area contributed by atoms with Crippen LogP contribution in [0.25, 0.3) is 0 Å². The van der Waals surface area contributed by atoms with E-state index in [0.29, 0.717) is 0 Å². The van der Waals surface area contributed by atoms with E-state index in [1.54, 1.807) is 0 Å². The van der Waals surface area contributed by atoms with E-state index in [2.05, 4.69) is 38.2 Å². The van der Waals surface area contributed by atoms with Crippen LogP contribution in [-0.4, -0.2) is 57.4 Å². The molecule has 2 aromatic heterocycles. The van der Waals surface area contributed by atoms with Crippen LogP contribution in [0.4, 0.5) is 0 Å². The standard InChI is InChI=1S/C20H30N4OS/c1-15-9-17(22-21-15)10-16-11-24(14-20(16)25)13-19-6-5-18(26-19)12-23-7-3-2-4-8-23/h5-6,9,16,20,25H,2-4,7-8,10-14H2,1H3,(H,21,22)/t16-,20-/m1/s1. The third-order valence-electron chi connectivity index (χ3n) is 5.64.